The van der Waals surface area contributed by atoms with Crippen molar-refractivity contribution in [3.05, 3.63) is 59.7 Å². The van der Waals surface area contributed by atoms with Crippen molar-refractivity contribution in [3.8, 4) is 11.1 Å². The third-order valence-corrected chi connectivity index (χ3v) is 6.77. The minimum absolute atomic E-state index is 0.0319. The normalized spacial score (nSPS) is 21.1. The standard InChI is InChI=1S/C26H31N3O3/c1-19-6-2-8-21(14-19)22-9-3-7-20(15-22)16-26(25(27)32)11-5-13-29(18-26)24(31)17-28-12-4-10-23(28)30/h2-3,6-9,14-15H,4-5,10-13,16-18H2,1H3,(H2,27,32). The average molecular weight is 434 g/mol. The SMILES string of the molecule is Cc1cccc(-c2cccc(CC3(C(N)=O)CCCN(C(=O)CN4CCCC4=O)C3)c2)c1. The molecular weight excluding hydrogens is 402 g/mol. The molecule has 2 aliphatic rings. The molecule has 2 aromatic carbocycles. The molecule has 6 nitrogen and oxygen atoms in total. The number of benzene rings is 2. The van der Waals surface area contributed by atoms with E-state index in [1.54, 1.807) is 9.80 Å². The number of hydrogen-bond acceptors (Lipinski definition) is 3. The zero-order valence-corrected chi connectivity index (χ0v) is 18.7. The first-order valence-electron chi connectivity index (χ1n) is 11.4. The highest BCUT2D eigenvalue weighted by Gasteiger charge is 2.42. The fourth-order valence-corrected chi connectivity index (χ4v) is 4.99. The molecule has 2 aliphatic heterocycles. The maximum atomic E-state index is 12.9. The molecule has 2 heterocycles. The van der Waals surface area contributed by atoms with E-state index in [4.69, 9.17) is 5.73 Å². The minimum atomic E-state index is -0.797. The van der Waals surface area contributed by atoms with Crippen molar-refractivity contribution in [2.45, 2.75) is 39.0 Å². The second-order valence-corrected chi connectivity index (χ2v) is 9.23. The van der Waals surface area contributed by atoms with Crippen molar-refractivity contribution >= 4 is 17.7 Å². The Morgan fingerprint density at radius 3 is 2.47 bits per heavy atom. The second-order valence-electron chi connectivity index (χ2n) is 9.23. The van der Waals surface area contributed by atoms with E-state index in [9.17, 15) is 14.4 Å². The molecule has 0 radical (unpaired) electrons. The summed E-state index contributed by atoms with van der Waals surface area (Å²) in [6.45, 7) is 3.69. The molecular formula is C26H31N3O3. The molecule has 6 heteroatoms. The number of piperidine rings is 1. The van der Waals surface area contributed by atoms with Gasteiger partial charge in [-0.1, -0.05) is 54.1 Å². The number of primary amides is 1. The van der Waals surface area contributed by atoms with Gasteiger partial charge in [0.15, 0.2) is 0 Å². The molecule has 168 valence electrons. The highest BCUT2D eigenvalue weighted by atomic mass is 16.2. The topological polar surface area (TPSA) is 83.7 Å². The van der Waals surface area contributed by atoms with Crippen LogP contribution in [-0.2, 0) is 20.8 Å². The van der Waals surface area contributed by atoms with Gasteiger partial charge in [-0.3, -0.25) is 14.4 Å². The number of nitrogens with two attached hydrogens (primary N) is 1. The molecule has 4 rings (SSSR count). The summed E-state index contributed by atoms with van der Waals surface area (Å²) in [6, 6.07) is 16.5. The van der Waals surface area contributed by atoms with Gasteiger partial charge >= 0.3 is 0 Å². The third kappa shape index (κ3) is 4.69. The van der Waals surface area contributed by atoms with Crippen LogP contribution in [-0.4, -0.2) is 53.7 Å². The van der Waals surface area contributed by atoms with Crippen LogP contribution in [0.4, 0.5) is 0 Å². The number of carbonyl (C=O) groups is 3. The lowest BCUT2D eigenvalue weighted by atomic mass is 9.74. The predicted octanol–water partition coefficient (Wildman–Crippen LogP) is 2.92. The molecule has 2 fully saturated rings. The van der Waals surface area contributed by atoms with Crippen molar-refractivity contribution in [1.29, 1.82) is 0 Å². The molecule has 1 atom stereocenters. The predicted molar refractivity (Wildman–Crippen MR) is 124 cm³/mol. The Morgan fingerprint density at radius 1 is 1.03 bits per heavy atom. The first-order chi connectivity index (χ1) is 15.4. The highest BCUT2D eigenvalue weighted by molar-refractivity contribution is 5.87. The van der Waals surface area contributed by atoms with Crippen molar-refractivity contribution in [3.63, 3.8) is 0 Å². The number of aryl methyl sites for hydroxylation is 1. The van der Waals surface area contributed by atoms with Crippen molar-refractivity contribution in [2.75, 3.05) is 26.2 Å². The van der Waals surface area contributed by atoms with Crippen molar-refractivity contribution in [2.24, 2.45) is 11.1 Å². The Hall–Kier alpha value is -3.15. The van der Waals surface area contributed by atoms with Gasteiger partial charge in [0.05, 0.1) is 12.0 Å². The Kier molecular flexibility index (Phi) is 6.31. The highest BCUT2D eigenvalue weighted by Crippen LogP contribution is 2.35. The van der Waals surface area contributed by atoms with Crippen LogP contribution < -0.4 is 5.73 Å². The number of amides is 3. The number of nitrogens with zero attached hydrogens (tertiary/aromatic N) is 2. The van der Waals surface area contributed by atoms with E-state index in [1.165, 1.54) is 5.56 Å². The minimum Gasteiger partial charge on any atom is -0.369 e. The third-order valence-electron chi connectivity index (χ3n) is 6.77. The van der Waals surface area contributed by atoms with Crippen LogP contribution in [0.15, 0.2) is 48.5 Å². The van der Waals surface area contributed by atoms with Gasteiger partial charge in [0.1, 0.15) is 0 Å². The summed E-state index contributed by atoms with van der Waals surface area (Å²) in [5.74, 6) is -0.434. The number of likely N-dealkylation sites (tertiary alicyclic amines) is 2. The quantitative estimate of drug-likeness (QED) is 0.760. The smallest absolute Gasteiger partial charge is 0.242 e. The first kappa shape index (κ1) is 22.1. The molecule has 0 aromatic heterocycles. The molecule has 0 saturated carbocycles. The summed E-state index contributed by atoms with van der Waals surface area (Å²) in [5.41, 5.74) is 9.59. The van der Waals surface area contributed by atoms with E-state index in [1.807, 2.05) is 18.2 Å². The summed E-state index contributed by atoms with van der Waals surface area (Å²) >= 11 is 0. The van der Waals surface area contributed by atoms with E-state index in [0.717, 1.165) is 29.5 Å². The molecule has 2 aromatic rings. The average Bonchev–Trinajstić information content (AvgIpc) is 3.18. The largest absolute Gasteiger partial charge is 0.369 e. The molecule has 0 aliphatic carbocycles. The van der Waals surface area contributed by atoms with Gasteiger partial charge < -0.3 is 15.5 Å². The fourth-order valence-electron chi connectivity index (χ4n) is 4.99. The summed E-state index contributed by atoms with van der Waals surface area (Å²) in [4.78, 5) is 40.8. The van der Waals surface area contributed by atoms with Crippen LogP contribution in [0, 0.1) is 12.3 Å². The van der Waals surface area contributed by atoms with Crippen molar-refractivity contribution < 1.29 is 14.4 Å². The van der Waals surface area contributed by atoms with Gasteiger partial charge in [-0.05, 0) is 49.3 Å². The Morgan fingerprint density at radius 2 is 1.78 bits per heavy atom. The molecule has 2 saturated heterocycles. The van der Waals surface area contributed by atoms with E-state index < -0.39 is 5.41 Å². The number of carbonyl (C=O) groups excluding carboxylic acids is 3. The van der Waals surface area contributed by atoms with E-state index in [-0.39, 0.29) is 24.3 Å². The van der Waals surface area contributed by atoms with Gasteiger partial charge in [-0.25, -0.2) is 0 Å². The number of rotatable bonds is 6. The first-order valence-corrected chi connectivity index (χ1v) is 11.4. The lowest BCUT2D eigenvalue weighted by Gasteiger charge is -2.41. The Balaban J connectivity index is 1.52. The molecule has 0 spiro atoms. The molecule has 1 unspecified atom stereocenters. The van der Waals surface area contributed by atoms with Crippen LogP contribution in [0.1, 0.15) is 36.8 Å². The lowest BCUT2D eigenvalue weighted by molar-refractivity contribution is -0.143. The molecule has 32 heavy (non-hydrogen) atoms. The maximum absolute atomic E-state index is 12.9. The van der Waals surface area contributed by atoms with Crippen LogP contribution >= 0.6 is 0 Å². The maximum Gasteiger partial charge on any atom is 0.242 e. The van der Waals surface area contributed by atoms with Gasteiger partial charge in [-0.15, -0.1) is 0 Å². The van der Waals surface area contributed by atoms with Gasteiger partial charge in [-0.2, -0.15) is 0 Å². The van der Waals surface area contributed by atoms with Crippen LogP contribution in [0.3, 0.4) is 0 Å². The van der Waals surface area contributed by atoms with Gasteiger partial charge in [0.2, 0.25) is 17.7 Å². The zero-order valence-electron chi connectivity index (χ0n) is 18.7. The van der Waals surface area contributed by atoms with Crippen LogP contribution in [0.25, 0.3) is 11.1 Å². The Labute approximate surface area is 189 Å². The van der Waals surface area contributed by atoms with Crippen LogP contribution in [0.2, 0.25) is 0 Å². The summed E-state index contributed by atoms with van der Waals surface area (Å²) in [6.07, 6.45) is 3.18. The molecule has 2 N–H and O–H groups in total. The summed E-state index contributed by atoms with van der Waals surface area (Å²) in [7, 11) is 0. The van der Waals surface area contributed by atoms with E-state index >= 15 is 0 Å². The van der Waals surface area contributed by atoms with E-state index in [2.05, 4.69) is 37.3 Å². The second kappa shape index (κ2) is 9.15. The van der Waals surface area contributed by atoms with E-state index in [0.29, 0.717) is 38.9 Å². The van der Waals surface area contributed by atoms with Gasteiger partial charge in [0.25, 0.3) is 0 Å². The number of hydrogen-bond donors (Lipinski definition) is 1. The monoisotopic (exact) mass is 433 g/mol. The zero-order chi connectivity index (χ0) is 22.7. The van der Waals surface area contributed by atoms with Crippen molar-refractivity contribution in [1.82, 2.24) is 9.80 Å². The van der Waals surface area contributed by atoms with Crippen LogP contribution in [0.5, 0.6) is 0 Å². The summed E-state index contributed by atoms with van der Waals surface area (Å²) in [5, 5.41) is 0. The molecule has 3 amide bonds. The van der Waals surface area contributed by atoms with Gasteiger partial charge in [0, 0.05) is 26.1 Å². The fraction of sp³-hybridized carbons (Fsp3) is 0.423. The Bertz CT molecular complexity index is 1030. The lowest BCUT2D eigenvalue weighted by Crippen LogP contribution is -2.54. The molecule has 0 bridgehead atoms. The summed E-state index contributed by atoms with van der Waals surface area (Å²) < 4.78 is 0.